The van der Waals surface area contributed by atoms with E-state index in [1.54, 1.807) is 6.92 Å². The second-order valence-corrected chi connectivity index (χ2v) is 6.11. The molecular formula is C16H22O. The van der Waals surface area contributed by atoms with E-state index >= 15 is 0 Å². The highest BCUT2D eigenvalue weighted by atomic mass is 16.1. The van der Waals surface area contributed by atoms with Crippen molar-refractivity contribution in [3.8, 4) is 0 Å². The third-order valence-electron chi connectivity index (χ3n) is 4.85. The van der Waals surface area contributed by atoms with Crippen molar-refractivity contribution in [2.24, 2.45) is 5.92 Å². The average Bonchev–Trinajstić information content (AvgIpc) is 2.40. The van der Waals surface area contributed by atoms with Gasteiger partial charge in [-0.3, -0.25) is 4.79 Å². The van der Waals surface area contributed by atoms with Crippen molar-refractivity contribution in [2.45, 2.75) is 52.9 Å². The van der Waals surface area contributed by atoms with Crippen LogP contribution in [0.15, 0.2) is 12.1 Å². The Kier molecular flexibility index (Phi) is 2.68. The van der Waals surface area contributed by atoms with E-state index in [0.29, 0.717) is 11.8 Å². The largest absolute Gasteiger partial charge is 0.295 e. The summed E-state index contributed by atoms with van der Waals surface area (Å²) >= 11 is 0. The zero-order chi connectivity index (χ0) is 13.0. The zero-order valence-electron chi connectivity index (χ0n) is 11.7. The highest BCUT2D eigenvalue weighted by molar-refractivity contribution is 5.96. The maximum absolute atomic E-state index is 11.6. The van der Waals surface area contributed by atoms with Crippen LogP contribution in [-0.2, 0) is 5.41 Å². The van der Waals surface area contributed by atoms with Gasteiger partial charge in [0.1, 0.15) is 0 Å². The first-order valence-corrected chi connectivity index (χ1v) is 6.42. The van der Waals surface area contributed by atoms with Crippen LogP contribution in [0.1, 0.15) is 67.6 Å². The first kappa shape index (κ1) is 12.3. The molecular weight excluding hydrogens is 208 g/mol. The van der Waals surface area contributed by atoms with Gasteiger partial charge in [0, 0.05) is 5.56 Å². The number of hydrogen-bond acceptors (Lipinski definition) is 1. The Bertz CT molecular complexity index is 483. The maximum Gasteiger partial charge on any atom is 0.160 e. The van der Waals surface area contributed by atoms with Gasteiger partial charge in [0.05, 0.1) is 0 Å². The summed E-state index contributed by atoms with van der Waals surface area (Å²) in [5.74, 6) is 1.34. The minimum Gasteiger partial charge on any atom is -0.295 e. The Hall–Kier alpha value is -1.11. The number of hydrogen-bond donors (Lipinski definition) is 0. The van der Waals surface area contributed by atoms with Crippen LogP contribution < -0.4 is 0 Å². The second-order valence-electron chi connectivity index (χ2n) is 6.11. The maximum atomic E-state index is 11.6. The van der Waals surface area contributed by atoms with Crippen molar-refractivity contribution >= 4 is 5.78 Å². The molecule has 1 aliphatic carbocycles. The quantitative estimate of drug-likeness (QED) is 0.660. The molecule has 0 saturated heterocycles. The first-order valence-electron chi connectivity index (χ1n) is 6.42. The van der Waals surface area contributed by atoms with Crippen LogP contribution in [0.25, 0.3) is 0 Å². The van der Waals surface area contributed by atoms with Crippen LogP contribution in [0.3, 0.4) is 0 Å². The Morgan fingerprint density at radius 2 is 1.82 bits per heavy atom. The summed E-state index contributed by atoms with van der Waals surface area (Å²) in [5, 5.41) is 0. The molecule has 0 radical (unpaired) electrons. The SMILES string of the molecule is CC(=O)c1cc2c(cc1C)C(C)(C)[C@@H](C)[C@H]2C. The fourth-order valence-electron chi connectivity index (χ4n) is 3.18. The van der Waals surface area contributed by atoms with E-state index in [4.69, 9.17) is 0 Å². The molecule has 1 heteroatoms. The van der Waals surface area contributed by atoms with E-state index in [0.717, 1.165) is 11.1 Å². The van der Waals surface area contributed by atoms with Crippen LogP contribution in [-0.4, -0.2) is 5.78 Å². The molecule has 0 spiro atoms. The lowest BCUT2D eigenvalue weighted by atomic mass is 9.77. The molecule has 1 aliphatic rings. The van der Waals surface area contributed by atoms with Gasteiger partial charge in [0.2, 0.25) is 0 Å². The summed E-state index contributed by atoms with van der Waals surface area (Å²) in [6, 6.07) is 4.36. The molecule has 2 atom stereocenters. The van der Waals surface area contributed by atoms with E-state index in [2.05, 4.69) is 39.8 Å². The molecule has 0 aliphatic heterocycles. The van der Waals surface area contributed by atoms with Crippen molar-refractivity contribution in [1.82, 2.24) is 0 Å². The molecule has 0 N–H and O–H groups in total. The predicted molar refractivity (Wildman–Crippen MR) is 71.8 cm³/mol. The molecule has 1 nitrogen and oxygen atoms in total. The van der Waals surface area contributed by atoms with E-state index in [1.165, 1.54) is 11.1 Å². The standard InChI is InChI=1S/C16H22O/c1-9-7-15-14(8-13(9)12(4)17)10(2)11(3)16(15,5)6/h7-8,10-11H,1-6H3/t10-,11+/m1/s1. The van der Waals surface area contributed by atoms with Gasteiger partial charge >= 0.3 is 0 Å². The average molecular weight is 230 g/mol. The van der Waals surface area contributed by atoms with Gasteiger partial charge < -0.3 is 0 Å². The van der Waals surface area contributed by atoms with Crippen LogP contribution in [0.2, 0.25) is 0 Å². The fourth-order valence-corrected chi connectivity index (χ4v) is 3.18. The minimum atomic E-state index is 0.176. The van der Waals surface area contributed by atoms with Gasteiger partial charge in [-0.15, -0.1) is 0 Å². The number of ketones is 1. The number of Topliss-reactive ketones (excluding diaryl/α,β-unsaturated/α-hetero) is 1. The predicted octanol–water partition coefficient (Wildman–Crippen LogP) is 4.23. The molecule has 0 heterocycles. The Balaban J connectivity index is 2.68. The zero-order valence-corrected chi connectivity index (χ0v) is 11.7. The van der Waals surface area contributed by atoms with Crippen molar-refractivity contribution in [1.29, 1.82) is 0 Å². The van der Waals surface area contributed by atoms with E-state index < -0.39 is 0 Å². The van der Waals surface area contributed by atoms with Gasteiger partial charge in [-0.2, -0.15) is 0 Å². The van der Waals surface area contributed by atoms with Gasteiger partial charge in [0.25, 0.3) is 0 Å². The van der Waals surface area contributed by atoms with Crippen LogP contribution in [0.4, 0.5) is 0 Å². The van der Waals surface area contributed by atoms with Gasteiger partial charge in [-0.05, 0) is 53.9 Å². The number of carbonyl (C=O) groups is 1. The third kappa shape index (κ3) is 1.64. The molecule has 0 unspecified atom stereocenters. The van der Waals surface area contributed by atoms with Gasteiger partial charge in [-0.25, -0.2) is 0 Å². The summed E-state index contributed by atoms with van der Waals surface area (Å²) in [7, 11) is 0. The minimum absolute atomic E-state index is 0.176. The molecule has 1 aromatic carbocycles. The van der Waals surface area contributed by atoms with Crippen molar-refractivity contribution in [3.05, 3.63) is 34.4 Å². The highest BCUT2D eigenvalue weighted by Crippen LogP contribution is 2.50. The van der Waals surface area contributed by atoms with Crippen molar-refractivity contribution in [2.75, 3.05) is 0 Å². The van der Waals surface area contributed by atoms with Gasteiger partial charge in [-0.1, -0.05) is 33.8 Å². The number of carbonyl (C=O) groups excluding carboxylic acids is 1. The Morgan fingerprint density at radius 1 is 1.24 bits per heavy atom. The third-order valence-corrected chi connectivity index (χ3v) is 4.85. The second kappa shape index (κ2) is 3.69. The fraction of sp³-hybridized carbons (Fsp3) is 0.562. The summed E-state index contributed by atoms with van der Waals surface area (Å²) in [6.45, 7) is 12.9. The Morgan fingerprint density at radius 3 is 2.35 bits per heavy atom. The smallest absolute Gasteiger partial charge is 0.160 e. The van der Waals surface area contributed by atoms with Crippen molar-refractivity contribution in [3.63, 3.8) is 0 Å². The number of aryl methyl sites for hydroxylation is 1. The monoisotopic (exact) mass is 230 g/mol. The molecule has 1 aromatic rings. The van der Waals surface area contributed by atoms with Gasteiger partial charge in [0.15, 0.2) is 5.78 Å². The Labute approximate surface area is 104 Å². The lowest BCUT2D eigenvalue weighted by Gasteiger charge is -2.27. The summed E-state index contributed by atoms with van der Waals surface area (Å²) in [6.07, 6.45) is 0. The van der Waals surface area contributed by atoms with E-state index in [-0.39, 0.29) is 11.2 Å². The van der Waals surface area contributed by atoms with Crippen LogP contribution in [0, 0.1) is 12.8 Å². The molecule has 92 valence electrons. The highest BCUT2D eigenvalue weighted by Gasteiger charge is 2.41. The molecule has 0 amide bonds. The number of benzene rings is 1. The topological polar surface area (TPSA) is 17.1 Å². The van der Waals surface area contributed by atoms with E-state index in [1.807, 2.05) is 6.92 Å². The molecule has 17 heavy (non-hydrogen) atoms. The van der Waals surface area contributed by atoms with E-state index in [9.17, 15) is 4.79 Å². The van der Waals surface area contributed by atoms with Crippen molar-refractivity contribution < 1.29 is 4.79 Å². The normalized spacial score (nSPS) is 25.8. The molecule has 2 rings (SSSR count). The van der Waals surface area contributed by atoms with Crippen LogP contribution in [0.5, 0.6) is 0 Å². The molecule has 0 aromatic heterocycles. The number of rotatable bonds is 1. The summed E-state index contributed by atoms with van der Waals surface area (Å²) in [4.78, 5) is 11.6. The molecule has 0 fully saturated rings. The first-order chi connectivity index (χ1) is 7.76. The molecule has 0 saturated carbocycles. The summed E-state index contributed by atoms with van der Waals surface area (Å²) in [5.41, 5.74) is 5.03. The summed E-state index contributed by atoms with van der Waals surface area (Å²) < 4.78 is 0. The lowest BCUT2D eigenvalue weighted by Crippen LogP contribution is -2.22. The van der Waals surface area contributed by atoms with Crippen LogP contribution >= 0.6 is 0 Å². The molecule has 0 bridgehead atoms. The number of fused-ring (bicyclic) bond motifs is 1. The lowest BCUT2D eigenvalue weighted by molar-refractivity contribution is 0.101.